The van der Waals surface area contributed by atoms with Crippen molar-refractivity contribution in [3.63, 3.8) is 0 Å². The molecular formula is C29H52N7O10P. The van der Waals surface area contributed by atoms with E-state index in [2.05, 4.69) is 25.1 Å². The highest BCUT2D eigenvalue weighted by Crippen LogP contribution is 2.41. The number of aliphatic hydroxyl groups excluding tert-OH is 2. The Morgan fingerprint density at radius 3 is 1.96 bits per heavy atom. The lowest BCUT2D eigenvalue weighted by Crippen LogP contribution is -2.47. The molecule has 0 radical (unpaired) electrons. The highest BCUT2D eigenvalue weighted by molar-refractivity contribution is 7.54. The third kappa shape index (κ3) is 12.6. The monoisotopic (exact) mass is 689 g/mol. The lowest BCUT2D eigenvalue weighted by Gasteiger charge is -2.31. The summed E-state index contributed by atoms with van der Waals surface area (Å²) in [6.07, 6.45) is -2.18. The first kappa shape index (κ1) is 40.3. The predicted molar refractivity (Wildman–Crippen MR) is 173 cm³/mol. The van der Waals surface area contributed by atoms with Gasteiger partial charge in [-0.25, -0.2) is 15.2 Å². The molecule has 2 aromatic rings. The Kier molecular flexibility index (Phi) is 16.4. The van der Waals surface area contributed by atoms with Gasteiger partial charge in [0.05, 0.1) is 38.9 Å². The number of nitrogens with two attached hydrogens (primary N) is 1. The number of aliphatic hydroxyl groups is 2. The lowest BCUT2D eigenvalue weighted by atomic mass is 10.1. The van der Waals surface area contributed by atoms with E-state index < -0.39 is 56.6 Å². The summed E-state index contributed by atoms with van der Waals surface area (Å²) in [5, 5.41) is 26.7. The van der Waals surface area contributed by atoms with Gasteiger partial charge in [0.2, 0.25) is 11.8 Å². The molecule has 2 rings (SSSR count). The summed E-state index contributed by atoms with van der Waals surface area (Å²) < 4.78 is 43.8. The second-order valence-corrected chi connectivity index (χ2v) is 13.6. The summed E-state index contributed by atoms with van der Waals surface area (Å²) in [4.78, 5) is 38.4. The van der Waals surface area contributed by atoms with Crippen LogP contribution in [0.4, 0.5) is 5.95 Å². The van der Waals surface area contributed by atoms with Gasteiger partial charge in [0, 0.05) is 0 Å². The van der Waals surface area contributed by atoms with E-state index in [4.69, 9.17) is 29.2 Å². The number of esters is 2. The molecule has 268 valence electrons. The molecule has 0 aliphatic heterocycles. The molecular weight excluding hydrogens is 637 g/mol. The third-order valence-electron chi connectivity index (χ3n) is 6.66. The summed E-state index contributed by atoms with van der Waals surface area (Å²) in [6, 6.07) is -2.14. The molecule has 0 amide bonds. The van der Waals surface area contributed by atoms with E-state index in [0.29, 0.717) is 12.1 Å². The normalized spacial score (nSPS) is 16.4. The van der Waals surface area contributed by atoms with Crippen LogP contribution >= 0.6 is 7.67 Å². The Balaban J connectivity index is 2.43. The molecule has 0 bridgehead atoms. The highest BCUT2D eigenvalue weighted by Gasteiger charge is 2.38. The minimum Gasteiger partial charge on any atom is -0.476 e. The van der Waals surface area contributed by atoms with Crippen LogP contribution in [0.1, 0.15) is 68.2 Å². The molecule has 17 nitrogen and oxygen atoms in total. The van der Waals surface area contributed by atoms with E-state index in [1.807, 2.05) is 27.7 Å². The highest BCUT2D eigenvalue weighted by atomic mass is 31.2. The summed E-state index contributed by atoms with van der Waals surface area (Å²) >= 11 is 0. The van der Waals surface area contributed by atoms with Crippen molar-refractivity contribution >= 4 is 36.7 Å². The van der Waals surface area contributed by atoms with Crippen molar-refractivity contribution in [1.29, 1.82) is 0 Å². The lowest BCUT2D eigenvalue weighted by molar-refractivity contribution is -0.146. The molecule has 0 aromatic carbocycles. The summed E-state index contributed by atoms with van der Waals surface area (Å²) in [5.41, 5.74) is 6.47. The van der Waals surface area contributed by atoms with E-state index in [1.165, 1.54) is 17.8 Å². The van der Waals surface area contributed by atoms with E-state index in [9.17, 15) is 24.4 Å². The topological polar surface area (TPSA) is 232 Å². The van der Waals surface area contributed by atoms with Crippen LogP contribution in [0, 0.1) is 11.8 Å². The van der Waals surface area contributed by atoms with Crippen molar-refractivity contribution in [2.45, 2.75) is 105 Å². The summed E-state index contributed by atoms with van der Waals surface area (Å²) in [5.74, 6) is -1.20. The standard InChI is InChI=1S/C29H52N7O10P/c1-9-42-26-23-25(32-29(30)33-26)36(15-31-23)16-45-22(24(38)19(8)37)14-46-47(41,34-20(12-17(4)5)27(39)43-10-2)35-21(13-18(6)7)28(40)44-11-3/h15,17-22,24,37-38H,9-14,16H2,1-8H3,(H2,30,32,33)(H2,34,35,41)/t19?,20?,21?,22-,24-,47?/m1/s1. The first-order valence-electron chi connectivity index (χ1n) is 15.9. The Morgan fingerprint density at radius 1 is 0.936 bits per heavy atom. The van der Waals surface area contributed by atoms with Gasteiger partial charge in [-0.3, -0.25) is 18.7 Å². The molecule has 0 saturated carbocycles. The largest absolute Gasteiger partial charge is 0.476 e. The number of hydrogen-bond donors (Lipinski definition) is 5. The van der Waals surface area contributed by atoms with Gasteiger partial charge in [-0.2, -0.15) is 9.97 Å². The average Bonchev–Trinajstić information content (AvgIpc) is 3.38. The zero-order chi connectivity index (χ0) is 35.3. The summed E-state index contributed by atoms with van der Waals surface area (Å²) in [7, 11) is -4.31. The van der Waals surface area contributed by atoms with Crippen molar-refractivity contribution in [1.82, 2.24) is 29.7 Å². The van der Waals surface area contributed by atoms with Crippen molar-refractivity contribution < 1.29 is 47.8 Å². The first-order chi connectivity index (χ1) is 22.1. The van der Waals surface area contributed by atoms with Crippen molar-refractivity contribution in [3.8, 4) is 5.88 Å². The molecule has 0 fully saturated rings. The number of ether oxygens (including phenoxy) is 4. The number of carbonyl (C=O) groups excluding carboxylic acids is 2. The smallest absolute Gasteiger partial charge is 0.342 e. The van der Waals surface area contributed by atoms with Gasteiger partial charge < -0.3 is 39.4 Å². The maximum Gasteiger partial charge on any atom is 0.342 e. The average molecular weight is 690 g/mol. The molecule has 2 aromatic heterocycles. The van der Waals surface area contributed by atoms with Crippen LogP contribution in [0.15, 0.2) is 6.33 Å². The number of aromatic nitrogens is 4. The fourth-order valence-corrected chi connectivity index (χ4v) is 6.35. The molecule has 6 N–H and O–H groups in total. The van der Waals surface area contributed by atoms with Crippen LogP contribution < -0.4 is 20.6 Å². The number of imidazole rings is 1. The minimum atomic E-state index is -4.31. The van der Waals surface area contributed by atoms with Gasteiger partial charge in [0.25, 0.3) is 0 Å². The maximum absolute atomic E-state index is 14.5. The van der Waals surface area contributed by atoms with Crippen LogP contribution in [-0.2, 0) is 39.6 Å². The Morgan fingerprint density at radius 2 is 1.49 bits per heavy atom. The quantitative estimate of drug-likeness (QED) is 0.0880. The first-order valence-corrected chi connectivity index (χ1v) is 17.5. The van der Waals surface area contributed by atoms with Gasteiger partial charge >= 0.3 is 19.6 Å². The molecule has 3 unspecified atom stereocenters. The van der Waals surface area contributed by atoms with Crippen molar-refractivity contribution in [2.24, 2.45) is 11.8 Å². The fraction of sp³-hybridized carbons (Fsp3) is 0.759. The minimum absolute atomic E-state index is 0.0129. The Bertz CT molecular complexity index is 1290. The van der Waals surface area contributed by atoms with Crippen molar-refractivity contribution in [3.05, 3.63) is 6.33 Å². The number of rotatable bonds is 22. The Labute approximate surface area is 275 Å². The zero-order valence-electron chi connectivity index (χ0n) is 28.5. The Hall–Kier alpha value is -2.92. The number of nitrogens with zero attached hydrogens (tertiary/aromatic N) is 4. The molecule has 0 aliphatic carbocycles. The van der Waals surface area contributed by atoms with Gasteiger partial charge in [0.1, 0.15) is 31.0 Å². The number of carbonyl (C=O) groups is 2. The van der Waals surface area contributed by atoms with E-state index in [1.54, 1.807) is 20.8 Å². The van der Waals surface area contributed by atoms with Crippen LogP contribution in [0.3, 0.4) is 0 Å². The van der Waals surface area contributed by atoms with Crippen LogP contribution in [-0.4, -0.2) is 98.5 Å². The molecule has 0 spiro atoms. The molecule has 5 atom stereocenters. The van der Waals surface area contributed by atoms with Gasteiger partial charge in [-0.1, -0.05) is 27.7 Å². The van der Waals surface area contributed by atoms with Gasteiger partial charge in [-0.15, -0.1) is 0 Å². The van der Waals surface area contributed by atoms with E-state index in [0.717, 1.165) is 0 Å². The second-order valence-electron chi connectivity index (χ2n) is 11.7. The third-order valence-corrected chi connectivity index (χ3v) is 8.48. The van der Waals surface area contributed by atoms with E-state index in [-0.39, 0.29) is 62.1 Å². The molecule has 18 heteroatoms. The van der Waals surface area contributed by atoms with E-state index >= 15 is 0 Å². The molecule has 47 heavy (non-hydrogen) atoms. The van der Waals surface area contributed by atoms with Crippen molar-refractivity contribution in [2.75, 3.05) is 32.2 Å². The summed E-state index contributed by atoms with van der Waals surface area (Å²) in [6.45, 7) is 13.7. The number of nitrogen functional groups attached to an aromatic ring is 1. The van der Waals surface area contributed by atoms with Crippen LogP contribution in [0.25, 0.3) is 11.2 Å². The predicted octanol–water partition coefficient (Wildman–Crippen LogP) is 2.15. The number of nitrogens with one attached hydrogen (secondary N) is 2. The maximum atomic E-state index is 14.5. The van der Waals surface area contributed by atoms with Gasteiger partial charge in [0.15, 0.2) is 11.2 Å². The molecule has 0 saturated heterocycles. The number of hydrogen-bond acceptors (Lipinski definition) is 14. The SMILES string of the molecule is CCOC(=O)C(CC(C)C)NP(=O)(NC(CC(C)C)C(=O)OCC)OC[C@@H](OCn1cnc2c(OCC)nc(N)nc21)[C@H](O)C(C)O. The fourth-order valence-electron chi connectivity index (χ4n) is 4.53. The zero-order valence-corrected chi connectivity index (χ0v) is 29.4. The van der Waals surface area contributed by atoms with Gasteiger partial charge in [-0.05, 0) is 52.4 Å². The van der Waals surface area contributed by atoms with Crippen LogP contribution in [0.5, 0.6) is 5.88 Å². The number of anilines is 1. The number of fused-ring (bicyclic) bond motifs is 1. The van der Waals surface area contributed by atoms with Crippen LogP contribution in [0.2, 0.25) is 0 Å². The molecule has 0 aliphatic rings. The molecule has 2 heterocycles. The second kappa shape index (κ2) is 19.2.